The molecule has 0 bridgehead atoms. The average molecular weight is 349 g/mol. The van der Waals surface area contributed by atoms with Gasteiger partial charge in [0.1, 0.15) is 11.3 Å². The lowest BCUT2D eigenvalue weighted by Crippen LogP contribution is -2.33. The summed E-state index contributed by atoms with van der Waals surface area (Å²) in [4.78, 5) is 24.3. The standard InChI is InChI=1S/C21H19NO4/c1-13-11-19(23)26-18-12-16(9-10-17(13)18)25-20(14-5-3-2-4-6-14)21(24)22-15-7-8-15/h2-6,9-12,15,20H,7-8H2,1H3,(H,22,24)/t20-/m1/s1. The summed E-state index contributed by atoms with van der Waals surface area (Å²) in [5, 5.41) is 3.83. The molecule has 1 aliphatic carbocycles. The zero-order valence-electron chi connectivity index (χ0n) is 14.4. The number of nitrogens with one attached hydrogen (secondary N) is 1. The first-order valence-corrected chi connectivity index (χ1v) is 8.66. The van der Waals surface area contributed by atoms with Gasteiger partial charge in [-0.25, -0.2) is 4.79 Å². The first-order valence-electron chi connectivity index (χ1n) is 8.66. The molecule has 5 heteroatoms. The first kappa shape index (κ1) is 16.4. The molecule has 0 radical (unpaired) electrons. The van der Waals surface area contributed by atoms with Gasteiger partial charge >= 0.3 is 5.63 Å². The zero-order valence-corrected chi connectivity index (χ0v) is 14.4. The summed E-state index contributed by atoms with van der Waals surface area (Å²) in [6.07, 6.45) is 1.26. The third-order valence-electron chi connectivity index (χ3n) is 4.44. The van der Waals surface area contributed by atoms with Crippen molar-refractivity contribution in [1.82, 2.24) is 5.32 Å². The van der Waals surface area contributed by atoms with Gasteiger partial charge in [-0.3, -0.25) is 4.79 Å². The van der Waals surface area contributed by atoms with Crippen LogP contribution in [0, 0.1) is 6.92 Å². The highest BCUT2D eigenvalue weighted by molar-refractivity contribution is 5.84. The molecule has 0 spiro atoms. The van der Waals surface area contributed by atoms with Crippen LogP contribution in [0.2, 0.25) is 0 Å². The highest BCUT2D eigenvalue weighted by atomic mass is 16.5. The third-order valence-corrected chi connectivity index (χ3v) is 4.44. The molecule has 1 fully saturated rings. The molecule has 1 atom stereocenters. The Balaban J connectivity index is 1.67. The Morgan fingerprint density at radius 2 is 1.92 bits per heavy atom. The minimum absolute atomic E-state index is 0.163. The van der Waals surface area contributed by atoms with E-state index in [1.165, 1.54) is 6.07 Å². The van der Waals surface area contributed by atoms with E-state index in [1.54, 1.807) is 12.1 Å². The van der Waals surface area contributed by atoms with Gasteiger partial charge in [-0.2, -0.15) is 0 Å². The fourth-order valence-electron chi connectivity index (χ4n) is 2.92. The molecule has 3 aromatic rings. The summed E-state index contributed by atoms with van der Waals surface area (Å²) in [5.74, 6) is 0.315. The molecular formula is C21H19NO4. The molecule has 0 aliphatic heterocycles. The summed E-state index contributed by atoms with van der Waals surface area (Å²) < 4.78 is 11.3. The van der Waals surface area contributed by atoms with Crippen LogP contribution in [0.5, 0.6) is 5.75 Å². The quantitative estimate of drug-likeness (QED) is 0.716. The number of amides is 1. The van der Waals surface area contributed by atoms with E-state index < -0.39 is 11.7 Å². The highest BCUT2D eigenvalue weighted by Gasteiger charge is 2.29. The van der Waals surface area contributed by atoms with Gasteiger partial charge < -0.3 is 14.5 Å². The number of carbonyl (C=O) groups is 1. The number of aryl methyl sites for hydroxylation is 1. The highest BCUT2D eigenvalue weighted by Crippen LogP contribution is 2.28. The van der Waals surface area contributed by atoms with E-state index in [0.717, 1.165) is 29.4 Å². The van der Waals surface area contributed by atoms with Crippen molar-refractivity contribution in [1.29, 1.82) is 0 Å². The lowest BCUT2D eigenvalue weighted by atomic mass is 10.1. The number of hydrogen-bond donors (Lipinski definition) is 1. The van der Waals surface area contributed by atoms with Crippen molar-refractivity contribution in [2.24, 2.45) is 0 Å². The molecule has 2 aromatic carbocycles. The topological polar surface area (TPSA) is 68.5 Å². The largest absolute Gasteiger partial charge is 0.476 e. The van der Waals surface area contributed by atoms with Crippen molar-refractivity contribution in [2.75, 3.05) is 0 Å². The lowest BCUT2D eigenvalue weighted by molar-refractivity contribution is -0.128. The van der Waals surface area contributed by atoms with Crippen LogP contribution in [-0.2, 0) is 4.79 Å². The van der Waals surface area contributed by atoms with E-state index in [-0.39, 0.29) is 11.9 Å². The van der Waals surface area contributed by atoms with Gasteiger partial charge in [-0.05, 0) is 37.5 Å². The van der Waals surface area contributed by atoms with Gasteiger partial charge in [0, 0.05) is 29.1 Å². The van der Waals surface area contributed by atoms with E-state index in [4.69, 9.17) is 9.15 Å². The Bertz CT molecular complexity index is 1010. The van der Waals surface area contributed by atoms with Crippen molar-refractivity contribution < 1.29 is 13.9 Å². The predicted molar refractivity (Wildman–Crippen MR) is 98.2 cm³/mol. The molecule has 132 valence electrons. The van der Waals surface area contributed by atoms with Crippen LogP contribution < -0.4 is 15.7 Å². The second-order valence-electron chi connectivity index (χ2n) is 6.60. The average Bonchev–Trinajstić information content (AvgIpc) is 3.44. The Morgan fingerprint density at radius 3 is 2.65 bits per heavy atom. The van der Waals surface area contributed by atoms with Crippen LogP contribution in [0.25, 0.3) is 11.0 Å². The van der Waals surface area contributed by atoms with Gasteiger partial charge in [0.2, 0.25) is 6.10 Å². The monoisotopic (exact) mass is 349 g/mol. The van der Waals surface area contributed by atoms with Gasteiger partial charge in [0.15, 0.2) is 0 Å². The molecule has 1 amide bonds. The molecular weight excluding hydrogens is 330 g/mol. The normalized spacial score (nSPS) is 14.8. The van der Waals surface area contributed by atoms with Crippen LogP contribution in [0.3, 0.4) is 0 Å². The van der Waals surface area contributed by atoms with Gasteiger partial charge in [-0.1, -0.05) is 30.3 Å². The minimum atomic E-state index is -0.759. The smallest absolute Gasteiger partial charge is 0.336 e. The van der Waals surface area contributed by atoms with Crippen LogP contribution >= 0.6 is 0 Å². The maximum Gasteiger partial charge on any atom is 0.336 e. The first-order chi connectivity index (χ1) is 12.6. The second kappa shape index (κ2) is 6.67. The van der Waals surface area contributed by atoms with Crippen LogP contribution in [0.4, 0.5) is 0 Å². The molecule has 1 aliphatic rings. The Kier molecular flexibility index (Phi) is 4.21. The van der Waals surface area contributed by atoms with E-state index in [2.05, 4.69) is 5.32 Å². The summed E-state index contributed by atoms with van der Waals surface area (Å²) >= 11 is 0. The number of ether oxygens (including phenoxy) is 1. The number of rotatable bonds is 5. The zero-order chi connectivity index (χ0) is 18.1. The van der Waals surface area contributed by atoms with E-state index in [9.17, 15) is 9.59 Å². The fraction of sp³-hybridized carbons (Fsp3) is 0.238. The number of carbonyl (C=O) groups excluding carboxylic acids is 1. The predicted octanol–water partition coefficient (Wildman–Crippen LogP) is 3.50. The van der Waals surface area contributed by atoms with E-state index in [0.29, 0.717) is 11.3 Å². The summed E-state index contributed by atoms with van der Waals surface area (Å²) in [6.45, 7) is 1.86. The summed E-state index contributed by atoms with van der Waals surface area (Å²) in [5.41, 5.74) is 1.66. The molecule has 1 aromatic heterocycles. The summed E-state index contributed by atoms with van der Waals surface area (Å²) in [7, 11) is 0. The van der Waals surface area contributed by atoms with Crippen molar-refractivity contribution in [3.8, 4) is 5.75 Å². The Labute approximate surface area is 150 Å². The van der Waals surface area contributed by atoms with Crippen LogP contribution in [-0.4, -0.2) is 11.9 Å². The van der Waals surface area contributed by atoms with Gasteiger partial charge in [0.05, 0.1) is 0 Å². The lowest BCUT2D eigenvalue weighted by Gasteiger charge is -2.19. The Hall–Kier alpha value is -3.08. The van der Waals surface area contributed by atoms with Crippen molar-refractivity contribution in [2.45, 2.75) is 31.9 Å². The van der Waals surface area contributed by atoms with Crippen LogP contribution in [0.15, 0.2) is 63.8 Å². The van der Waals surface area contributed by atoms with Crippen molar-refractivity contribution in [3.05, 3.63) is 76.1 Å². The summed E-state index contributed by atoms with van der Waals surface area (Å²) in [6, 6.07) is 16.4. The molecule has 5 nitrogen and oxygen atoms in total. The molecule has 26 heavy (non-hydrogen) atoms. The molecule has 4 rings (SSSR count). The van der Waals surface area contributed by atoms with E-state index >= 15 is 0 Å². The molecule has 0 saturated heterocycles. The number of benzene rings is 2. The third kappa shape index (κ3) is 3.47. The minimum Gasteiger partial charge on any atom is -0.476 e. The van der Waals surface area contributed by atoms with Gasteiger partial charge in [0.25, 0.3) is 5.91 Å². The van der Waals surface area contributed by atoms with Crippen LogP contribution in [0.1, 0.15) is 30.1 Å². The van der Waals surface area contributed by atoms with Crippen molar-refractivity contribution >= 4 is 16.9 Å². The molecule has 1 heterocycles. The number of fused-ring (bicyclic) bond motifs is 1. The molecule has 1 saturated carbocycles. The number of hydrogen-bond acceptors (Lipinski definition) is 4. The van der Waals surface area contributed by atoms with Gasteiger partial charge in [-0.15, -0.1) is 0 Å². The Morgan fingerprint density at radius 1 is 1.15 bits per heavy atom. The van der Waals surface area contributed by atoms with E-state index in [1.807, 2.05) is 43.3 Å². The molecule has 0 unspecified atom stereocenters. The maximum atomic E-state index is 12.7. The van der Waals surface area contributed by atoms with Crippen molar-refractivity contribution in [3.63, 3.8) is 0 Å². The SMILES string of the molecule is Cc1cc(=O)oc2cc(O[C@@H](C(=O)NC3CC3)c3ccccc3)ccc12. The second-order valence-corrected chi connectivity index (χ2v) is 6.60. The molecule has 1 N–H and O–H groups in total. The fourth-order valence-corrected chi connectivity index (χ4v) is 2.92. The maximum absolute atomic E-state index is 12.7.